The maximum Gasteiger partial charge on any atom is 0.410 e. The summed E-state index contributed by atoms with van der Waals surface area (Å²) >= 11 is 0. The second-order valence-corrected chi connectivity index (χ2v) is 14.3. The Morgan fingerprint density at radius 1 is 1.09 bits per heavy atom. The van der Waals surface area contributed by atoms with Gasteiger partial charge >= 0.3 is 18.0 Å². The van der Waals surface area contributed by atoms with Crippen LogP contribution in [0, 0.1) is 0 Å². The van der Waals surface area contributed by atoms with Crippen molar-refractivity contribution in [2.24, 2.45) is 0 Å². The monoisotopic (exact) mass is 639 g/mol. The van der Waals surface area contributed by atoms with Gasteiger partial charge in [-0.25, -0.2) is 17.9 Å². The van der Waals surface area contributed by atoms with Crippen molar-refractivity contribution >= 4 is 28.1 Å². The molecule has 1 amide bonds. The highest BCUT2D eigenvalue weighted by molar-refractivity contribution is 7.89. The lowest BCUT2D eigenvalue weighted by atomic mass is 10.1. The molecule has 1 aromatic carbocycles. The Bertz CT molecular complexity index is 1190. The van der Waals surface area contributed by atoms with E-state index in [0.29, 0.717) is 31.7 Å². The zero-order valence-corrected chi connectivity index (χ0v) is 27.5. The molecule has 3 rings (SSSR count). The molecule has 0 spiro atoms. The van der Waals surface area contributed by atoms with Gasteiger partial charge in [-0.05, 0) is 83.7 Å². The van der Waals surface area contributed by atoms with Crippen molar-refractivity contribution in [2.45, 2.75) is 96.4 Å². The SMILES string of the molecule is CCCCS(=O)(=O)NC(Cc1ccc(OCC2CN(CCC(C(=O)OC(C)(C)C)N3CCCCC3)C(=O)O2)cc1)C(=O)OC. The summed E-state index contributed by atoms with van der Waals surface area (Å²) in [5.74, 6) is -0.444. The molecule has 1 aromatic rings. The summed E-state index contributed by atoms with van der Waals surface area (Å²) in [4.78, 5) is 41.6. The van der Waals surface area contributed by atoms with Crippen LogP contribution in [0.15, 0.2) is 24.3 Å². The molecule has 3 unspecified atom stereocenters. The minimum absolute atomic E-state index is 0.0598. The number of ether oxygens (including phenoxy) is 4. The van der Waals surface area contributed by atoms with Crippen LogP contribution < -0.4 is 9.46 Å². The van der Waals surface area contributed by atoms with Gasteiger partial charge in [0.15, 0.2) is 6.10 Å². The van der Waals surface area contributed by atoms with Crippen molar-refractivity contribution in [3.05, 3.63) is 29.8 Å². The van der Waals surface area contributed by atoms with E-state index in [-0.39, 0.29) is 24.7 Å². The predicted molar refractivity (Wildman–Crippen MR) is 165 cm³/mol. The second-order valence-electron chi connectivity index (χ2n) is 12.4. The molecular formula is C31H49N3O9S. The molecule has 3 atom stereocenters. The number of sulfonamides is 1. The van der Waals surface area contributed by atoms with E-state index in [4.69, 9.17) is 18.9 Å². The average Bonchev–Trinajstić information content (AvgIpc) is 3.33. The van der Waals surface area contributed by atoms with Crippen molar-refractivity contribution in [1.82, 2.24) is 14.5 Å². The van der Waals surface area contributed by atoms with E-state index < -0.39 is 45.9 Å². The third-order valence-electron chi connectivity index (χ3n) is 7.51. The molecule has 0 aromatic heterocycles. The van der Waals surface area contributed by atoms with Crippen LogP contribution in [0.5, 0.6) is 5.75 Å². The molecule has 1 N–H and O–H groups in total. The van der Waals surface area contributed by atoms with Gasteiger partial charge in [0.2, 0.25) is 10.0 Å². The third kappa shape index (κ3) is 11.6. The topological polar surface area (TPSA) is 141 Å². The quantitative estimate of drug-likeness (QED) is 0.212. The van der Waals surface area contributed by atoms with Crippen molar-refractivity contribution in [3.8, 4) is 5.75 Å². The number of nitrogens with one attached hydrogen (secondary N) is 1. The van der Waals surface area contributed by atoms with Crippen LogP contribution in [-0.4, -0.2) is 106 Å². The molecule has 2 heterocycles. The van der Waals surface area contributed by atoms with Crippen molar-refractivity contribution in [2.75, 3.05) is 45.6 Å². The first-order valence-electron chi connectivity index (χ1n) is 15.5. The van der Waals surface area contributed by atoms with E-state index in [9.17, 15) is 22.8 Å². The zero-order chi connectivity index (χ0) is 32.3. The summed E-state index contributed by atoms with van der Waals surface area (Å²) in [7, 11) is -2.41. The van der Waals surface area contributed by atoms with Crippen LogP contribution in [0.4, 0.5) is 4.79 Å². The molecule has 248 valence electrons. The van der Waals surface area contributed by atoms with Crippen LogP contribution in [0.25, 0.3) is 0 Å². The molecule has 0 bridgehead atoms. The van der Waals surface area contributed by atoms with Crippen LogP contribution >= 0.6 is 0 Å². The fourth-order valence-corrected chi connectivity index (χ4v) is 6.64. The summed E-state index contributed by atoms with van der Waals surface area (Å²) in [5, 5.41) is 0. The molecule has 0 radical (unpaired) electrons. The number of carbonyl (C=O) groups is 3. The Kier molecular flexibility index (Phi) is 13.3. The van der Waals surface area contributed by atoms with Crippen LogP contribution in [0.2, 0.25) is 0 Å². The number of benzene rings is 1. The fraction of sp³-hybridized carbons (Fsp3) is 0.710. The van der Waals surface area contributed by atoms with E-state index in [0.717, 1.165) is 44.3 Å². The van der Waals surface area contributed by atoms with Gasteiger partial charge in [0, 0.05) is 6.54 Å². The summed E-state index contributed by atoms with van der Waals surface area (Å²) in [6, 6.07) is 5.47. The molecule has 13 heteroatoms. The number of hydrogen-bond acceptors (Lipinski definition) is 10. The lowest BCUT2D eigenvalue weighted by molar-refractivity contribution is -0.162. The van der Waals surface area contributed by atoms with E-state index in [1.54, 1.807) is 29.2 Å². The molecule has 0 aliphatic carbocycles. The summed E-state index contributed by atoms with van der Waals surface area (Å²) in [5.41, 5.74) is 0.130. The molecule has 2 aliphatic heterocycles. The Morgan fingerprint density at radius 3 is 2.39 bits per heavy atom. The summed E-state index contributed by atoms with van der Waals surface area (Å²) < 4.78 is 49.0. The zero-order valence-electron chi connectivity index (χ0n) is 26.7. The number of hydrogen-bond donors (Lipinski definition) is 1. The Labute approximate surface area is 261 Å². The van der Waals surface area contributed by atoms with Crippen molar-refractivity contribution < 1.29 is 41.7 Å². The number of rotatable bonds is 16. The van der Waals surface area contributed by atoms with Crippen LogP contribution in [0.1, 0.15) is 71.8 Å². The van der Waals surface area contributed by atoms with E-state index in [2.05, 4.69) is 9.62 Å². The second kappa shape index (κ2) is 16.4. The van der Waals surface area contributed by atoms with Gasteiger partial charge in [0.1, 0.15) is 30.0 Å². The van der Waals surface area contributed by atoms with Gasteiger partial charge in [-0.2, -0.15) is 0 Å². The molecule has 2 saturated heterocycles. The molecule has 2 aliphatic rings. The fourth-order valence-electron chi connectivity index (χ4n) is 5.24. The molecule has 0 saturated carbocycles. The van der Waals surface area contributed by atoms with E-state index in [1.807, 2.05) is 27.7 Å². The van der Waals surface area contributed by atoms with E-state index >= 15 is 0 Å². The first-order chi connectivity index (χ1) is 20.8. The average molecular weight is 640 g/mol. The number of piperidine rings is 1. The van der Waals surface area contributed by atoms with Gasteiger partial charge in [-0.15, -0.1) is 0 Å². The standard InChI is InChI=1S/C31H49N3O9S/c1-6-7-19-44(38,39)32-26(28(35)40-5)20-23-11-13-24(14-12-23)41-22-25-21-34(30(37)42-25)18-15-27(29(36)43-31(2,3)4)33-16-9-8-10-17-33/h11-14,25-27,32H,6-10,15-22H2,1-5H3. The van der Waals surface area contributed by atoms with Gasteiger partial charge in [-0.1, -0.05) is 31.9 Å². The minimum atomic E-state index is -3.63. The smallest absolute Gasteiger partial charge is 0.410 e. The number of amides is 1. The van der Waals surface area contributed by atoms with Crippen molar-refractivity contribution in [3.63, 3.8) is 0 Å². The van der Waals surface area contributed by atoms with Crippen LogP contribution in [0.3, 0.4) is 0 Å². The molecule has 12 nitrogen and oxygen atoms in total. The lowest BCUT2D eigenvalue weighted by Crippen LogP contribution is -2.48. The first-order valence-corrected chi connectivity index (χ1v) is 17.2. The third-order valence-corrected chi connectivity index (χ3v) is 8.98. The van der Waals surface area contributed by atoms with Gasteiger partial charge < -0.3 is 23.8 Å². The maximum absolute atomic E-state index is 13.0. The molecular weight excluding hydrogens is 590 g/mol. The summed E-state index contributed by atoms with van der Waals surface area (Å²) in [6.45, 7) is 9.98. The number of carbonyl (C=O) groups excluding carboxylic acids is 3. The first kappa shape index (κ1) is 35.6. The maximum atomic E-state index is 13.0. The Morgan fingerprint density at radius 2 is 1.77 bits per heavy atom. The van der Waals surface area contributed by atoms with Crippen LogP contribution in [-0.2, 0) is 40.2 Å². The summed E-state index contributed by atoms with van der Waals surface area (Å²) in [6.07, 6.45) is 4.10. The number of cyclic esters (lactones) is 1. The highest BCUT2D eigenvalue weighted by Gasteiger charge is 2.36. The lowest BCUT2D eigenvalue weighted by Gasteiger charge is -2.35. The number of esters is 2. The normalized spacial score (nSPS) is 19.2. The molecule has 2 fully saturated rings. The largest absolute Gasteiger partial charge is 0.490 e. The van der Waals surface area contributed by atoms with Gasteiger partial charge in [0.25, 0.3) is 0 Å². The van der Waals surface area contributed by atoms with Crippen molar-refractivity contribution in [1.29, 1.82) is 0 Å². The predicted octanol–water partition coefficient (Wildman–Crippen LogP) is 3.28. The number of unbranched alkanes of at least 4 members (excludes halogenated alkanes) is 1. The number of nitrogens with zero attached hydrogens (tertiary/aromatic N) is 2. The Balaban J connectivity index is 1.51. The number of likely N-dealkylation sites (tertiary alicyclic amines) is 1. The highest BCUT2D eigenvalue weighted by Crippen LogP contribution is 2.21. The van der Waals surface area contributed by atoms with E-state index in [1.165, 1.54) is 7.11 Å². The van der Waals surface area contributed by atoms with Gasteiger partial charge in [-0.3, -0.25) is 14.5 Å². The number of methoxy groups -OCH3 is 1. The Hall–Kier alpha value is -2.90. The van der Waals surface area contributed by atoms with Gasteiger partial charge in [0.05, 0.1) is 19.4 Å². The highest BCUT2D eigenvalue weighted by atomic mass is 32.2. The molecule has 44 heavy (non-hydrogen) atoms. The minimum Gasteiger partial charge on any atom is -0.490 e.